The Labute approximate surface area is 204 Å². The Bertz CT molecular complexity index is 1240. The Kier molecular flexibility index (Phi) is 8.14. The molecule has 14 heteroatoms. The monoisotopic (exact) mass is 536 g/mol. The molecule has 3 rings (SSSR count). The fourth-order valence-electron chi connectivity index (χ4n) is 3.35. The number of aliphatic hydroxyl groups is 1. The van der Waals surface area contributed by atoms with Gasteiger partial charge in [0.25, 0.3) is 0 Å². The van der Waals surface area contributed by atoms with Crippen LogP contribution in [-0.4, -0.2) is 43.8 Å². The number of nitrogens with one attached hydrogen (secondary N) is 1. The van der Waals surface area contributed by atoms with Gasteiger partial charge in [-0.25, -0.2) is 9.48 Å². The number of aromatic nitrogens is 3. The normalized spacial score (nSPS) is 13.9. The van der Waals surface area contributed by atoms with Gasteiger partial charge >= 0.3 is 18.0 Å². The fourth-order valence-corrected chi connectivity index (χ4v) is 3.47. The lowest BCUT2D eigenvalue weighted by molar-refractivity contribution is -0.213. The van der Waals surface area contributed by atoms with E-state index in [-0.39, 0.29) is 17.0 Å². The maximum absolute atomic E-state index is 13.2. The summed E-state index contributed by atoms with van der Waals surface area (Å²) in [6, 6.07) is 10.6. The molecule has 1 aromatic heterocycles. The third kappa shape index (κ3) is 6.88. The summed E-state index contributed by atoms with van der Waals surface area (Å²) < 4.78 is 79.3. The van der Waals surface area contributed by atoms with E-state index in [2.05, 4.69) is 5.10 Å². The summed E-state index contributed by atoms with van der Waals surface area (Å²) in [5, 5.41) is 16.1. The minimum Gasteiger partial charge on any atom is -0.381 e. The number of hydrogen-bond donors (Lipinski definition) is 2. The summed E-state index contributed by atoms with van der Waals surface area (Å²) in [5.74, 6) is -1.32. The minimum atomic E-state index is -5.08. The molecular formula is C22H19ClF6N4O3. The van der Waals surface area contributed by atoms with Crippen molar-refractivity contribution in [3.05, 3.63) is 75.7 Å². The summed E-state index contributed by atoms with van der Waals surface area (Å²) in [6.45, 7) is -1.71. The predicted molar refractivity (Wildman–Crippen MR) is 117 cm³/mol. The summed E-state index contributed by atoms with van der Waals surface area (Å²) in [5.41, 5.74) is -0.903. The number of amides is 1. The number of halogens is 7. The van der Waals surface area contributed by atoms with Crippen molar-refractivity contribution in [3.63, 3.8) is 0 Å². The number of carbonyl (C=O) groups is 1. The van der Waals surface area contributed by atoms with Crippen LogP contribution < -0.4 is 11.0 Å². The highest BCUT2D eigenvalue weighted by Gasteiger charge is 2.44. The molecule has 2 aromatic carbocycles. The third-order valence-electron chi connectivity index (χ3n) is 5.06. The van der Waals surface area contributed by atoms with Gasteiger partial charge in [-0.2, -0.15) is 26.3 Å². The van der Waals surface area contributed by atoms with Crippen molar-refractivity contribution in [1.29, 1.82) is 0 Å². The molecule has 1 amide bonds. The molecule has 0 radical (unpaired) electrons. The van der Waals surface area contributed by atoms with Crippen LogP contribution in [0, 0.1) is 0 Å². The topological polar surface area (TPSA) is 89.2 Å². The highest BCUT2D eigenvalue weighted by Crippen LogP contribution is 2.30. The molecule has 0 fully saturated rings. The van der Waals surface area contributed by atoms with Crippen LogP contribution in [-0.2, 0) is 17.9 Å². The van der Waals surface area contributed by atoms with E-state index in [9.17, 15) is 41.0 Å². The molecule has 1 heterocycles. The van der Waals surface area contributed by atoms with Crippen LogP contribution in [0.4, 0.5) is 26.3 Å². The van der Waals surface area contributed by atoms with E-state index in [0.29, 0.717) is 14.3 Å². The van der Waals surface area contributed by atoms with E-state index in [0.717, 1.165) is 0 Å². The highest BCUT2D eigenvalue weighted by molar-refractivity contribution is 6.30. The molecule has 0 spiro atoms. The first-order valence-corrected chi connectivity index (χ1v) is 10.7. The number of nitrogens with zero attached hydrogens (tertiary/aromatic N) is 3. The van der Waals surface area contributed by atoms with Crippen molar-refractivity contribution in [2.45, 2.75) is 44.0 Å². The summed E-state index contributed by atoms with van der Waals surface area (Å²) in [4.78, 5) is 25.4. The van der Waals surface area contributed by atoms with Crippen molar-refractivity contribution in [2.24, 2.45) is 0 Å². The molecule has 2 unspecified atom stereocenters. The van der Waals surface area contributed by atoms with Crippen molar-refractivity contribution < 1.29 is 36.2 Å². The lowest BCUT2D eigenvalue weighted by atomic mass is 10.0. The third-order valence-corrected chi connectivity index (χ3v) is 5.32. The van der Waals surface area contributed by atoms with Crippen molar-refractivity contribution in [2.75, 3.05) is 0 Å². The van der Waals surface area contributed by atoms with E-state index >= 15 is 0 Å². The molecular weight excluding hydrogens is 518 g/mol. The first-order valence-electron chi connectivity index (χ1n) is 10.4. The summed E-state index contributed by atoms with van der Waals surface area (Å²) in [7, 11) is 0. The number of rotatable bonds is 8. The van der Waals surface area contributed by atoms with Gasteiger partial charge in [-0.15, -0.1) is 5.10 Å². The second-order valence-corrected chi connectivity index (χ2v) is 8.17. The van der Waals surface area contributed by atoms with E-state index in [1.807, 2.05) is 5.32 Å². The van der Waals surface area contributed by atoms with Crippen LogP contribution in [0.1, 0.15) is 18.0 Å². The van der Waals surface area contributed by atoms with E-state index in [1.54, 1.807) is 0 Å². The number of aliphatic hydroxyl groups excluding tert-OH is 1. The van der Waals surface area contributed by atoms with Gasteiger partial charge in [0, 0.05) is 17.1 Å². The van der Waals surface area contributed by atoms with Gasteiger partial charge < -0.3 is 10.4 Å². The number of hydrogen-bond acceptors (Lipinski definition) is 4. The molecule has 0 saturated carbocycles. The van der Waals surface area contributed by atoms with Crippen LogP contribution in [0.25, 0.3) is 11.4 Å². The number of alkyl halides is 6. The molecule has 0 aliphatic heterocycles. The fraction of sp³-hybridized carbons (Fsp3) is 0.318. The van der Waals surface area contributed by atoms with Crippen molar-refractivity contribution in [1.82, 2.24) is 19.7 Å². The second-order valence-electron chi connectivity index (χ2n) is 7.73. The summed E-state index contributed by atoms with van der Waals surface area (Å²) in [6.07, 6.45) is -14.0. The molecule has 3 aromatic rings. The van der Waals surface area contributed by atoms with Crippen LogP contribution in [0.3, 0.4) is 0 Å². The van der Waals surface area contributed by atoms with Crippen molar-refractivity contribution in [3.8, 4) is 11.4 Å². The first kappa shape index (κ1) is 27.3. The average molecular weight is 537 g/mol. The zero-order chi connectivity index (χ0) is 26.7. The van der Waals surface area contributed by atoms with Crippen LogP contribution in [0.15, 0.2) is 59.4 Å². The number of carbonyl (C=O) groups excluding carboxylic acids is 1. The molecule has 0 aliphatic rings. The van der Waals surface area contributed by atoms with Crippen LogP contribution in [0.5, 0.6) is 0 Å². The maximum atomic E-state index is 13.2. The average Bonchev–Trinajstić information content (AvgIpc) is 3.10. The largest absolute Gasteiger partial charge is 0.416 e. The Hall–Kier alpha value is -3.32. The van der Waals surface area contributed by atoms with E-state index in [1.165, 1.54) is 54.6 Å². The van der Waals surface area contributed by atoms with Gasteiger partial charge in [-0.3, -0.25) is 9.36 Å². The Morgan fingerprint density at radius 3 is 2.19 bits per heavy atom. The quantitative estimate of drug-likeness (QED) is 0.424. The molecule has 2 atom stereocenters. The van der Waals surface area contributed by atoms with Crippen molar-refractivity contribution >= 4 is 17.5 Å². The van der Waals surface area contributed by atoms with Gasteiger partial charge in [-0.05, 0) is 29.8 Å². The van der Waals surface area contributed by atoms with Gasteiger partial charge in [0.15, 0.2) is 11.9 Å². The highest BCUT2D eigenvalue weighted by atomic mass is 35.5. The molecule has 0 bridgehead atoms. The molecule has 0 aliphatic carbocycles. The van der Waals surface area contributed by atoms with Gasteiger partial charge in [0.05, 0.1) is 12.5 Å². The molecule has 0 saturated heterocycles. The lowest BCUT2D eigenvalue weighted by Gasteiger charge is -2.26. The molecule has 7 nitrogen and oxygen atoms in total. The first-order chi connectivity index (χ1) is 16.8. The zero-order valence-electron chi connectivity index (χ0n) is 18.2. The van der Waals surface area contributed by atoms with Gasteiger partial charge in [0.1, 0.15) is 6.54 Å². The molecule has 194 valence electrons. The summed E-state index contributed by atoms with van der Waals surface area (Å²) >= 11 is 5.83. The molecule has 2 N–H and O–H groups in total. The Morgan fingerprint density at radius 1 is 1.03 bits per heavy atom. The van der Waals surface area contributed by atoms with E-state index < -0.39 is 55.6 Å². The Balaban J connectivity index is 1.91. The van der Waals surface area contributed by atoms with Gasteiger partial charge in [-0.1, -0.05) is 41.9 Å². The Morgan fingerprint density at radius 2 is 1.64 bits per heavy atom. The van der Waals surface area contributed by atoms with Crippen LogP contribution >= 0.6 is 11.6 Å². The molecule has 36 heavy (non-hydrogen) atoms. The predicted octanol–water partition coefficient (Wildman–Crippen LogP) is 4.10. The SMILES string of the molecule is O=C(Cn1nc(-c2ccc(Cl)cc2)n(CCC(F)(F)F)c1=O)NC(c1ccccc1)C(O)C(F)(F)F. The second kappa shape index (κ2) is 10.7. The van der Waals surface area contributed by atoms with Crippen LogP contribution in [0.2, 0.25) is 5.02 Å². The minimum absolute atomic E-state index is 0.0550. The zero-order valence-corrected chi connectivity index (χ0v) is 19.0. The standard InChI is InChI=1S/C22H19ClF6N4O3/c23-15-8-6-14(7-9-15)19-31-33(20(36)32(19)11-10-21(24,25)26)12-16(34)30-17(18(35)22(27,28)29)13-4-2-1-3-5-13/h1-9,17-18,35H,10-12H2,(H,30,34). The van der Waals surface area contributed by atoms with Gasteiger partial charge in [0.2, 0.25) is 5.91 Å². The smallest absolute Gasteiger partial charge is 0.381 e. The number of benzene rings is 2. The lowest BCUT2D eigenvalue weighted by Crippen LogP contribution is -2.45. The maximum Gasteiger partial charge on any atom is 0.416 e. The van der Waals surface area contributed by atoms with E-state index in [4.69, 9.17) is 11.6 Å².